The summed E-state index contributed by atoms with van der Waals surface area (Å²) < 4.78 is 12.0. The first-order valence-electron chi connectivity index (χ1n) is 11.3. The quantitative estimate of drug-likeness (QED) is 0.329. The maximum atomic E-state index is 6.02. The van der Waals surface area contributed by atoms with Crippen LogP contribution in [0.2, 0.25) is 0 Å². The smallest absolute Gasteiger partial charge is 0.134 e. The van der Waals surface area contributed by atoms with E-state index in [4.69, 9.17) is 9.47 Å². The van der Waals surface area contributed by atoms with Crippen molar-refractivity contribution in [2.45, 2.75) is 65.7 Å². The lowest BCUT2D eigenvalue weighted by molar-refractivity contribution is 0.465. The van der Waals surface area contributed by atoms with Gasteiger partial charge < -0.3 is 9.47 Å². The first-order chi connectivity index (χ1) is 14.8. The molecular weight excluding hydrogens is 368 g/mol. The molecule has 0 aliphatic heterocycles. The number of ether oxygens (including phenoxy) is 2. The van der Waals surface area contributed by atoms with Crippen LogP contribution in [0.1, 0.15) is 82.4 Å². The highest BCUT2D eigenvalue weighted by Crippen LogP contribution is 2.40. The van der Waals surface area contributed by atoms with Gasteiger partial charge in [-0.15, -0.1) is 0 Å². The molecular formula is C28H36O2. The summed E-state index contributed by atoms with van der Waals surface area (Å²) in [5.41, 5.74) is 3.64. The predicted octanol–water partition coefficient (Wildman–Crippen LogP) is 8.65. The van der Waals surface area contributed by atoms with Crippen LogP contribution in [0.3, 0.4) is 0 Å². The van der Waals surface area contributed by atoms with Gasteiger partial charge in [-0.2, -0.15) is 0 Å². The van der Waals surface area contributed by atoms with Crippen molar-refractivity contribution >= 4 is 6.08 Å². The van der Waals surface area contributed by atoms with Crippen LogP contribution in [0.25, 0.3) is 6.08 Å². The van der Waals surface area contributed by atoms with E-state index < -0.39 is 0 Å². The van der Waals surface area contributed by atoms with Crippen LogP contribution in [-0.2, 0) is 0 Å². The number of hydrogen-bond acceptors (Lipinski definition) is 2. The Morgan fingerprint density at radius 1 is 0.700 bits per heavy atom. The Balaban J connectivity index is 2.57. The molecule has 2 nitrogen and oxygen atoms in total. The lowest BCUT2D eigenvalue weighted by Gasteiger charge is -2.23. The second kappa shape index (κ2) is 13.5. The van der Waals surface area contributed by atoms with E-state index >= 15 is 0 Å². The van der Waals surface area contributed by atoms with Crippen LogP contribution in [0, 0.1) is 0 Å². The van der Waals surface area contributed by atoms with E-state index in [2.05, 4.69) is 70.2 Å². The van der Waals surface area contributed by atoms with E-state index in [0.29, 0.717) is 0 Å². The standard InChI is InChI=1S/C28H36O2/c1-5-9-16-25-24(18-14-20-28(25)30-22-11-7-3)23(15-8-4)26-17-12-13-19-27(26)29-21-10-6-2/h9-14,16-23H,5-8,15H2,1-4H3. The third-order valence-corrected chi connectivity index (χ3v) is 4.92. The summed E-state index contributed by atoms with van der Waals surface area (Å²) in [5.74, 6) is 2.05. The Bertz CT molecular complexity index is 845. The van der Waals surface area contributed by atoms with Crippen molar-refractivity contribution in [2.75, 3.05) is 0 Å². The van der Waals surface area contributed by atoms with Gasteiger partial charge in [0, 0.05) is 17.0 Å². The zero-order chi connectivity index (χ0) is 21.6. The molecule has 0 spiro atoms. The average Bonchev–Trinajstić information content (AvgIpc) is 2.77. The Hall–Kier alpha value is -2.74. The van der Waals surface area contributed by atoms with E-state index in [1.807, 2.05) is 24.3 Å². The van der Waals surface area contributed by atoms with E-state index in [1.165, 1.54) is 11.1 Å². The number of rotatable bonds is 12. The van der Waals surface area contributed by atoms with Crippen LogP contribution in [0.15, 0.2) is 73.2 Å². The van der Waals surface area contributed by atoms with Crippen molar-refractivity contribution in [3.8, 4) is 11.5 Å². The van der Waals surface area contributed by atoms with Gasteiger partial charge in [-0.05, 0) is 55.5 Å². The number of hydrogen-bond donors (Lipinski definition) is 0. The van der Waals surface area contributed by atoms with Crippen molar-refractivity contribution in [1.82, 2.24) is 0 Å². The Morgan fingerprint density at radius 2 is 1.30 bits per heavy atom. The normalized spacial score (nSPS) is 12.8. The molecule has 0 saturated carbocycles. The van der Waals surface area contributed by atoms with Gasteiger partial charge in [-0.1, -0.05) is 76.6 Å². The van der Waals surface area contributed by atoms with E-state index in [-0.39, 0.29) is 5.92 Å². The Morgan fingerprint density at radius 3 is 1.97 bits per heavy atom. The van der Waals surface area contributed by atoms with E-state index in [1.54, 1.807) is 12.5 Å². The van der Waals surface area contributed by atoms with Gasteiger partial charge in [0.15, 0.2) is 0 Å². The summed E-state index contributed by atoms with van der Waals surface area (Å²) in [4.78, 5) is 0. The van der Waals surface area contributed by atoms with Crippen LogP contribution < -0.4 is 9.47 Å². The molecule has 160 valence electrons. The maximum absolute atomic E-state index is 6.02. The van der Waals surface area contributed by atoms with Gasteiger partial charge in [0.1, 0.15) is 11.5 Å². The van der Waals surface area contributed by atoms with Crippen LogP contribution in [0.5, 0.6) is 11.5 Å². The van der Waals surface area contributed by atoms with Crippen molar-refractivity contribution in [1.29, 1.82) is 0 Å². The number of para-hydroxylation sites is 1. The zero-order valence-electron chi connectivity index (χ0n) is 18.9. The molecule has 0 heterocycles. The second-order valence-electron chi connectivity index (χ2n) is 7.24. The molecule has 2 heteroatoms. The third-order valence-electron chi connectivity index (χ3n) is 4.92. The second-order valence-corrected chi connectivity index (χ2v) is 7.24. The van der Waals surface area contributed by atoms with Crippen molar-refractivity contribution < 1.29 is 9.47 Å². The summed E-state index contributed by atoms with van der Waals surface area (Å²) in [7, 11) is 0. The summed E-state index contributed by atoms with van der Waals surface area (Å²) in [6.07, 6.45) is 17.1. The fourth-order valence-electron chi connectivity index (χ4n) is 3.46. The lowest BCUT2D eigenvalue weighted by Crippen LogP contribution is -2.06. The summed E-state index contributed by atoms with van der Waals surface area (Å²) in [6.45, 7) is 8.61. The molecule has 0 saturated heterocycles. The van der Waals surface area contributed by atoms with Crippen LogP contribution in [-0.4, -0.2) is 0 Å². The molecule has 30 heavy (non-hydrogen) atoms. The largest absolute Gasteiger partial charge is 0.465 e. The maximum Gasteiger partial charge on any atom is 0.134 e. The molecule has 2 aromatic carbocycles. The first kappa shape index (κ1) is 23.5. The number of benzene rings is 2. The SMILES string of the molecule is CCC=COc1ccccc1C(CCC)c1cccc(OC=CCC)c1C=CCC. The molecule has 1 unspecified atom stereocenters. The Labute approximate surface area is 182 Å². The summed E-state index contributed by atoms with van der Waals surface area (Å²) in [6, 6.07) is 14.8. The minimum absolute atomic E-state index is 0.233. The van der Waals surface area contributed by atoms with Gasteiger partial charge in [-0.25, -0.2) is 0 Å². The van der Waals surface area contributed by atoms with Gasteiger partial charge in [0.25, 0.3) is 0 Å². The average molecular weight is 405 g/mol. The highest BCUT2D eigenvalue weighted by atomic mass is 16.5. The van der Waals surface area contributed by atoms with Gasteiger partial charge in [0.05, 0.1) is 12.5 Å². The first-order valence-corrected chi connectivity index (χ1v) is 11.3. The predicted molar refractivity (Wildman–Crippen MR) is 129 cm³/mol. The van der Waals surface area contributed by atoms with Crippen molar-refractivity contribution in [3.05, 3.63) is 89.9 Å². The van der Waals surface area contributed by atoms with Crippen molar-refractivity contribution in [3.63, 3.8) is 0 Å². The van der Waals surface area contributed by atoms with Crippen molar-refractivity contribution in [2.24, 2.45) is 0 Å². The molecule has 0 aliphatic rings. The third kappa shape index (κ3) is 6.66. The molecule has 0 aliphatic carbocycles. The molecule has 0 radical (unpaired) electrons. The van der Waals surface area contributed by atoms with Gasteiger partial charge >= 0.3 is 0 Å². The topological polar surface area (TPSA) is 18.5 Å². The molecule has 2 aromatic rings. The molecule has 0 aromatic heterocycles. The van der Waals surface area contributed by atoms with Crippen LogP contribution in [0.4, 0.5) is 0 Å². The number of allylic oxidation sites excluding steroid dienone is 3. The molecule has 0 bridgehead atoms. The summed E-state index contributed by atoms with van der Waals surface area (Å²) in [5, 5.41) is 0. The van der Waals surface area contributed by atoms with E-state index in [0.717, 1.165) is 49.2 Å². The van der Waals surface area contributed by atoms with E-state index in [9.17, 15) is 0 Å². The summed E-state index contributed by atoms with van der Waals surface area (Å²) >= 11 is 0. The zero-order valence-corrected chi connectivity index (χ0v) is 18.9. The highest BCUT2D eigenvalue weighted by Gasteiger charge is 2.21. The molecule has 0 fully saturated rings. The van der Waals surface area contributed by atoms with Crippen LogP contribution >= 0.6 is 0 Å². The molecule has 0 amide bonds. The minimum Gasteiger partial charge on any atom is -0.465 e. The molecule has 1 atom stereocenters. The Kier molecular flexibility index (Phi) is 10.6. The highest BCUT2D eigenvalue weighted by molar-refractivity contribution is 5.64. The molecule has 0 N–H and O–H groups in total. The fraction of sp³-hybridized carbons (Fsp3) is 0.357. The molecule has 2 rings (SSSR count). The fourth-order valence-corrected chi connectivity index (χ4v) is 3.46. The van der Waals surface area contributed by atoms with Gasteiger partial charge in [0.2, 0.25) is 0 Å². The monoisotopic (exact) mass is 404 g/mol. The minimum atomic E-state index is 0.233. The van der Waals surface area contributed by atoms with Gasteiger partial charge in [-0.3, -0.25) is 0 Å². The lowest BCUT2D eigenvalue weighted by atomic mass is 9.84.